The molecule has 0 aliphatic carbocycles. The first-order valence-electron chi connectivity index (χ1n) is 10.4. The van der Waals surface area contributed by atoms with E-state index in [9.17, 15) is 9.18 Å². The van der Waals surface area contributed by atoms with Crippen molar-refractivity contribution in [1.82, 2.24) is 4.90 Å². The van der Waals surface area contributed by atoms with Gasteiger partial charge in [-0.1, -0.05) is 37.2 Å². The van der Waals surface area contributed by atoms with Crippen molar-refractivity contribution in [3.8, 4) is 11.5 Å². The van der Waals surface area contributed by atoms with E-state index in [2.05, 4.69) is 5.16 Å². The standard InChI is InChI=1S/C24H29FN2O4/c1-16(2)11-24(28)27(14-18-7-5-6-8-20(18)25)15-19-13-21(26-31-19)17-9-10-22(29-3)23(12-17)30-4/h5-10,12,16,19H,11,13-15H2,1-4H3. The Bertz CT molecular complexity index is 945. The van der Waals surface area contributed by atoms with Crippen molar-refractivity contribution in [3.63, 3.8) is 0 Å². The van der Waals surface area contributed by atoms with Gasteiger partial charge in [-0.15, -0.1) is 0 Å². The van der Waals surface area contributed by atoms with E-state index in [4.69, 9.17) is 14.3 Å². The number of hydrogen-bond donors (Lipinski definition) is 0. The van der Waals surface area contributed by atoms with Crippen LogP contribution < -0.4 is 9.47 Å². The second kappa shape index (κ2) is 10.3. The van der Waals surface area contributed by atoms with Gasteiger partial charge in [0, 0.05) is 30.5 Å². The van der Waals surface area contributed by atoms with Gasteiger partial charge < -0.3 is 19.2 Å². The maximum atomic E-state index is 14.2. The topological polar surface area (TPSA) is 60.4 Å². The van der Waals surface area contributed by atoms with Gasteiger partial charge >= 0.3 is 0 Å². The third kappa shape index (κ3) is 5.75. The predicted molar refractivity (Wildman–Crippen MR) is 117 cm³/mol. The Morgan fingerprint density at radius 2 is 1.94 bits per heavy atom. The number of rotatable bonds is 9. The van der Waals surface area contributed by atoms with E-state index in [1.807, 2.05) is 32.0 Å². The van der Waals surface area contributed by atoms with Crippen LogP contribution in [-0.2, 0) is 16.2 Å². The lowest BCUT2D eigenvalue weighted by Crippen LogP contribution is -2.38. The molecule has 0 N–H and O–H groups in total. The number of ether oxygens (including phenoxy) is 2. The third-order valence-electron chi connectivity index (χ3n) is 5.13. The lowest BCUT2D eigenvalue weighted by atomic mass is 10.0. The van der Waals surface area contributed by atoms with Gasteiger partial charge in [-0.05, 0) is 30.2 Å². The van der Waals surface area contributed by atoms with Crippen molar-refractivity contribution in [2.24, 2.45) is 11.1 Å². The fourth-order valence-electron chi connectivity index (χ4n) is 3.52. The Balaban J connectivity index is 1.71. The molecule has 1 heterocycles. The van der Waals surface area contributed by atoms with Crippen LogP contribution in [0.3, 0.4) is 0 Å². The molecule has 0 spiro atoms. The monoisotopic (exact) mass is 428 g/mol. The van der Waals surface area contributed by atoms with E-state index in [1.54, 1.807) is 37.3 Å². The predicted octanol–water partition coefficient (Wildman–Crippen LogP) is 4.41. The molecule has 0 radical (unpaired) electrons. The molecule has 6 nitrogen and oxygen atoms in total. The van der Waals surface area contributed by atoms with Crippen molar-refractivity contribution >= 4 is 11.6 Å². The molecular formula is C24H29FN2O4. The van der Waals surface area contributed by atoms with Crippen LogP contribution in [0, 0.1) is 11.7 Å². The van der Waals surface area contributed by atoms with Gasteiger partial charge in [0.25, 0.3) is 0 Å². The van der Waals surface area contributed by atoms with E-state index < -0.39 is 0 Å². The first-order valence-corrected chi connectivity index (χ1v) is 10.4. The molecule has 2 aromatic carbocycles. The summed E-state index contributed by atoms with van der Waals surface area (Å²) >= 11 is 0. The lowest BCUT2D eigenvalue weighted by molar-refractivity contribution is -0.134. The number of carbonyl (C=O) groups excluding carboxylic acids is 1. The molecule has 1 aliphatic rings. The molecule has 1 amide bonds. The molecular weight excluding hydrogens is 399 g/mol. The van der Waals surface area contributed by atoms with E-state index in [-0.39, 0.29) is 30.3 Å². The highest BCUT2D eigenvalue weighted by Gasteiger charge is 2.28. The Hall–Kier alpha value is -3.09. The van der Waals surface area contributed by atoms with Crippen LogP contribution >= 0.6 is 0 Å². The quantitative estimate of drug-likeness (QED) is 0.594. The largest absolute Gasteiger partial charge is 0.493 e. The molecule has 1 atom stereocenters. The van der Waals surface area contributed by atoms with Crippen LogP contribution in [0.5, 0.6) is 11.5 Å². The SMILES string of the molecule is COc1ccc(C2=NOC(CN(Cc3ccccc3F)C(=O)CC(C)C)C2)cc1OC. The van der Waals surface area contributed by atoms with Crippen molar-refractivity contribution in [2.45, 2.75) is 39.3 Å². The number of halogens is 1. The number of benzene rings is 2. The molecule has 0 saturated carbocycles. The second-order valence-corrected chi connectivity index (χ2v) is 8.00. The van der Waals surface area contributed by atoms with Crippen LogP contribution in [0.1, 0.15) is 37.8 Å². The minimum Gasteiger partial charge on any atom is -0.493 e. The minimum absolute atomic E-state index is 0.0265. The first kappa shape index (κ1) is 22.6. The Morgan fingerprint density at radius 3 is 2.61 bits per heavy atom. The van der Waals surface area contributed by atoms with Gasteiger partial charge in [-0.25, -0.2) is 4.39 Å². The number of carbonyl (C=O) groups is 1. The summed E-state index contributed by atoms with van der Waals surface area (Å²) in [6.45, 7) is 4.51. The Kier molecular flexibility index (Phi) is 7.50. The second-order valence-electron chi connectivity index (χ2n) is 8.00. The highest BCUT2D eigenvalue weighted by Crippen LogP contribution is 2.29. The summed E-state index contributed by atoms with van der Waals surface area (Å²) in [6, 6.07) is 12.1. The molecule has 1 aliphatic heterocycles. The Morgan fingerprint density at radius 1 is 1.19 bits per heavy atom. The van der Waals surface area contributed by atoms with Crippen LogP contribution in [0.15, 0.2) is 47.6 Å². The molecule has 0 aromatic heterocycles. The molecule has 7 heteroatoms. The summed E-state index contributed by atoms with van der Waals surface area (Å²) < 4.78 is 24.8. The number of oxime groups is 1. The van der Waals surface area contributed by atoms with Gasteiger partial charge in [-0.3, -0.25) is 4.79 Å². The molecule has 0 fully saturated rings. The number of methoxy groups -OCH3 is 2. The Labute approximate surface area is 182 Å². The average Bonchev–Trinajstić information content (AvgIpc) is 3.22. The highest BCUT2D eigenvalue weighted by molar-refractivity contribution is 6.01. The number of amides is 1. The summed E-state index contributed by atoms with van der Waals surface area (Å²) in [7, 11) is 3.17. The first-order chi connectivity index (χ1) is 14.9. The zero-order chi connectivity index (χ0) is 22.4. The number of hydrogen-bond acceptors (Lipinski definition) is 5. The molecule has 31 heavy (non-hydrogen) atoms. The maximum absolute atomic E-state index is 14.2. The fraction of sp³-hybridized carbons (Fsp3) is 0.417. The molecule has 166 valence electrons. The summed E-state index contributed by atoms with van der Waals surface area (Å²) in [5.74, 6) is 1.11. The van der Waals surface area contributed by atoms with Gasteiger partial charge in [0.05, 0.1) is 26.5 Å². The van der Waals surface area contributed by atoms with E-state index in [1.165, 1.54) is 6.07 Å². The van der Waals surface area contributed by atoms with Crippen LogP contribution in [0.2, 0.25) is 0 Å². The summed E-state index contributed by atoms with van der Waals surface area (Å²) in [5.41, 5.74) is 2.13. The highest BCUT2D eigenvalue weighted by atomic mass is 19.1. The zero-order valence-corrected chi connectivity index (χ0v) is 18.4. The van der Waals surface area contributed by atoms with Crippen molar-refractivity contribution in [1.29, 1.82) is 0 Å². The van der Waals surface area contributed by atoms with E-state index in [0.29, 0.717) is 36.4 Å². The molecule has 0 bridgehead atoms. The van der Waals surface area contributed by atoms with E-state index >= 15 is 0 Å². The van der Waals surface area contributed by atoms with Crippen molar-refractivity contribution < 1.29 is 23.5 Å². The normalized spacial score (nSPS) is 15.4. The number of nitrogens with zero attached hydrogens (tertiary/aromatic N) is 2. The molecule has 1 unspecified atom stereocenters. The minimum atomic E-state index is -0.320. The molecule has 3 rings (SSSR count). The van der Waals surface area contributed by atoms with E-state index in [0.717, 1.165) is 11.3 Å². The molecule has 2 aromatic rings. The third-order valence-corrected chi connectivity index (χ3v) is 5.13. The average molecular weight is 429 g/mol. The summed E-state index contributed by atoms with van der Waals surface area (Å²) in [5, 5.41) is 4.22. The lowest BCUT2D eigenvalue weighted by Gasteiger charge is -2.26. The van der Waals surface area contributed by atoms with Crippen LogP contribution in [0.25, 0.3) is 0 Å². The van der Waals surface area contributed by atoms with Gasteiger partial charge in [0.1, 0.15) is 5.82 Å². The smallest absolute Gasteiger partial charge is 0.223 e. The van der Waals surface area contributed by atoms with Gasteiger partial charge in [0.15, 0.2) is 17.6 Å². The fourth-order valence-corrected chi connectivity index (χ4v) is 3.52. The van der Waals surface area contributed by atoms with Crippen LogP contribution in [-0.4, -0.2) is 43.4 Å². The van der Waals surface area contributed by atoms with Gasteiger partial charge in [0.2, 0.25) is 5.91 Å². The van der Waals surface area contributed by atoms with Crippen LogP contribution in [0.4, 0.5) is 4.39 Å². The van der Waals surface area contributed by atoms with Crippen molar-refractivity contribution in [2.75, 3.05) is 20.8 Å². The summed E-state index contributed by atoms with van der Waals surface area (Å²) in [4.78, 5) is 20.1. The maximum Gasteiger partial charge on any atom is 0.223 e. The summed E-state index contributed by atoms with van der Waals surface area (Å²) in [6.07, 6.45) is 0.633. The molecule has 0 saturated heterocycles. The zero-order valence-electron chi connectivity index (χ0n) is 18.4. The van der Waals surface area contributed by atoms with Gasteiger partial charge in [-0.2, -0.15) is 0 Å². The van der Waals surface area contributed by atoms with Crippen molar-refractivity contribution in [3.05, 3.63) is 59.4 Å².